The van der Waals surface area contributed by atoms with E-state index in [4.69, 9.17) is 17.3 Å². The molecule has 0 saturated heterocycles. The molecule has 0 spiro atoms. The van der Waals surface area contributed by atoms with Crippen LogP contribution in [0.4, 0.5) is 5.82 Å². The Morgan fingerprint density at radius 1 is 1.05 bits per heavy atom. The first kappa shape index (κ1) is 13.7. The summed E-state index contributed by atoms with van der Waals surface area (Å²) in [5.41, 5.74) is 11.0. The second-order valence-corrected chi connectivity index (χ2v) is 5.48. The van der Waals surface area contributed by atoms with Crippen molar-refractivity contribution in [2.24, 2.45) is 0 Å². The predicted octanol–water partition coefficient (Wildman–Crippen LogP) is 4.39. The van der Waals surface area contributed by atoms with Crippen molar-refractivity contribution < 1.29 is 0 Å². The minimum atomic E-state index is 0.646. The van der Waals surface area contributed by atoms with Crippen LogP contribution < -0.4 is 5.73 Å². The maximum Gasteiger partial charge on any atom is 0.130 e. The lowest BCUT2D eigenvalue weighted by molar-refractivity contribution is 0.895. The summed E-state index contributed by atoms with van der Waals surface area (Å²) in [5, 5.41) is 5.39. The van der Waals surface area contributed by atoms with E-state index in [0.717, 1.165) is 33.1 Å². The normalized spacial score (nSPS) is 10.8. The molecule has 0 radical (unpaired) electrons. The molecule has 4 heteroatoms. The van der Waals surface area contributed by atoms with Crippen molar-refractivity contribution in [3.8, 4) is 16.9 Å². The van der Waals surface area contributed by atoms with Crippen molar-refractivity contribution in [3.63, 3.8) is 0 Å². The van der Waals surface area contributed by atoms with Crippen LogP contribution in [-0.2, 0) is 0 Å². The number of anilines is 1. The van der Waals surface area contributed by atoms with Crippen LogP contribution in [0.25, 0.3) is 16.9 Å². The molecule has 1 heterocycles. The molecule has 3 nitrogen and oxygen atoms in total. The number of hydrogen-bond donors (Lipinski definition) is 1. The van der Waals surface area contributed by atoms with Gasteiger partial charge in [0.15, 0.2) is 0 Å². The maximum absolute atomic E-state index is 6.21. The van der Waals surface area contributed by atoms with Crippen molar-refractivity contribution in [1.82, 2.24) is 9.78 Å². The molecule has 2 N–H and O–H groups in total. The molecule has 3 aromatic rings. The molecular formula is C17H16ClN3. The molecule has 0 bridgehead atoms. The Hall–Kier alpha value is -2.26. The van der Waals surface area contributed by atoms with Gasteiger partial charge < -0.3 is 5.73 Å². The first-order chi connectivity index (χ1) is 10.1. The number of rotatable bonds is 2. The standard InChI is InChI=1S/C17H16ClN3/c1-11-8-9-13(10-15(11)18)16-12(2)17(19)21(20-16)14-6-4-3-5-7-14/h3-10H,19H2,1-2H3. The van der Waals surface area contributed by atoms with Crippen LogP contribution in [0.5, 0.6) is 0 Å². The van der Waals surface area contributed by atoms with Crippen molar-refractivity contribution in [1.29, 1.82) is 0 Å². The van der Waals surface area contributed by atoms with Crippen LogP contribution in [0.15, 0.2) is 48.5 Å². The molecule has 2 aromatic carbocycles. The highest BCUT2D eigenvalue weighted by Crippen LogP contribution is 2.30. The molecule has 0 amide bonds. The van der Waals surface area contributed by atoms with Gasteiger partial charge in [-0.2, -0.15) is 5.10 Å². The Balaban J connectivity index is 2.15. The molecular weight excluding hydrogens is 282 g/mol. The summed E-state index contributed by atoms with van der Waals surface area (Å²) >= 11 is 6.21. The van der Waals surface area contributed by atoms with Gasteiger partial charge in [-0.15, -0.1) is 0 Å². The van der Waals surface area contributed by atoms with E-state index in [-0.39, 0.29) is 0 Å². The van der Waals surface area contributed by atoms with Crippen molar-refractivity contribution in [2.75, 3.05) is 5.73 Å². The van der Waals surface area contributed by atoms with E-state index in [1.165, 1.54) is 0 Å². The third-order valence-electron chi connectivity index (χ3n) is 3.61. The smallest absolute Gasteiger partial charge is 0.130 e. The number of para-hydroxylation sites is 1. The third-order valence-corrected chi connectivity index (χ3v) is 4.02. The van der Waals surface area contributed by atoms with E-state index in [9.17, 15) is 0 Å². The summed E-state index contributed by atoms with van der Waals surface area (Å²) in [6, 6.07) is 15.8. The number of aryl methyl sites for hydroxylation is 1. The fraction of sp³-hybridized carbons (Fsp3) is 0.118. The number of halogens is 1. The summed E-state index contributed by atoms with van der Waals surface area (Å²) < 4.78 is 1.76. The quantitative estimate of drug-likeness (QED) is 0.762. The van der Waals surface area contributed by atoms with E-state index in [2.05, 4.69) is 5.10 Å². The van der Waals surface area contributed by atoms with Gasteiger partial charge in [0.25, 0.3) is 0 Å². The lowest BCUT2D eigenvalue weighted by Gasteiger charge is -2.03. The number of benzene rings is 2. The monoisotopic (exact) mass is 297 g/mol. The summed E-state index contributed by atoms with van der Waals surface area (Å²) in [6.45, 7) is 3.96. The molecule has 3 rings (SSSR count). The maximum atomic E-state index is 6.21. The van der Waals surface area contributed by atoms with Crippen molar-refractivity contribution >= 4 is 17.4 Å². The fourth-order valence-electron chi connectivity index (χ4n) is 2.29. The lowest BCUT2D eigenvalue weighted by atomic mass is 10.1. The highest BCUT2D eigenvalue weighted by atomic mass is 35.5. The zero-order chi connectivity index (χ0) is 15.0. The molecule has 0 unspecified atom stereocenters. The zero-order valence-electron chi connectivity index (χ0n) is 12.0. The van der Waals surface area contributed by atoms with E-state index in [0.29, 0.717) is 5.82 Å². The highest BCUT2D eigenvalue weighted by molar-refractivity contribution is 6.31. The van der Waals surface area contributed by atoms with E-state index in [1.54, 1.807) is 4.68 Å². The molecule has 0 saturated carbocycles. The Labute approximate surface area is 129 Å². The Morgan fingerprint density at radius 2 is 1.76 bits per heavy atom. The Bertz CT molecular complexity index is 791. The van der Waals surface area contributed by atoms with Gasteiger partial charge in [0.2, 0.25) is 0 Å². The Morgan fingerprint density at radius 3 is 2.43 bits per heavy atom. The first-order valence-electron chi connectivity index (χ1n) is 6.75. The summed E-state index contributed by atoms with van der Waals surface area (Å²) in [5.74, 6) is 0.646. The lowest BCUT2D eigenvalue weighted by Crippen LogP contribution is -2.01. The van der Waals surface area contributed by atoms with Gasteiger partial charge in [0.1, 0.15) is 5.82 Å². The van der Waals surface area contributed by atoms with Crippen LogP contribution in [0, 0.1) is 13.8 Å². The molecule has 1 aromatic heterocycles. The van der Waals surface area contributed by atoms with Crippen LogP contribution in [0.3, 0.4) is 0 Å². The van der Waals surface area contributed by atoms with E-state index >= 15 is 0 Å². The minimum absolute atomic E-state index is 0.646. The molecule has 0 aliphatic heterocycles. The van der Waals surface area contributed by atoms with Gasteiger partial charge in [0, 0.05) is 16.1 Å². The van der Waals surface area contributed by atoms with Crippen LogP contribution in [0.2, 0.25) is 5.02 Å². The van der Waals surface area contributed by atoms with Gasteiger partial charge in [-0.05, 0) is 37.6 Å². The Kier molecular flexibility index (Phi) is 3.43. The number of nitrogens with zero attached hydrogens (tertiary/aromatic N) is 2. The van der Waals surface area contributed by atoms with Crippen molar-refractivity contribution in [3.05, 3.63) is 64.7 Å². The minimum Gasteiger partial charge on any atom is -0.383 e. The SMILES string of the molecule is Cc1ccc(-c2nn(-c3ccccc3)c(N)c2C)cc1Cl. The average Bonchev–Trinajstić information content (AvgIpc) is 2.79. The summed E-state index contributed by atoms with van der Waals surface area (Å²) in [7, 11) is 0. The second-order valence-electron chi connectivity index (χ2n) is 5.07. The van der Waals surface area contributed by atoms with Gasteiger partial charge in [-0.1, -0.05) is 41.9 Å². The van der Waals surface area contributed by atoms with Crippen LogP contribution in [0.1, 0.15) is 11.1 Å². The van der Waals surface area contributed by atoms with Gasteiger partial charge >= 0.3 is 0 Å². The highest BCUT2D eigenvalue weighted by Gasteiger charge is 2.15. The van der Waals surface area contributed by atoms with Crippen LogP contribution in [-0.4, -0.2) is 9.78 Å². The zero-order valence-corrected chi connectivity index (χ0v) is 12.7. The van der Waals surface area contributed by atoms with Gasteiger partial charge in [0.05, 0.1) is 11.4 Å². The van der Waals surface area contributed by atoms with E-state index < -0.39 is 0 Å². The molecule has 0 aliphatic carbocycles. The predicted molar refractivity (Wildman–Crippen MR) is 87.9 cm³/mol. The third kappa shape index (κ3) is 2.41. The van der Waals surface area contributed by atoms with Crippen molar-refractivity contribution in [2.45, 2.75) is 13.8 Å². The number of nitrogens with two attached hydrogens (primary N) is 1. The first-order valence-corrected chi connectivity index (χ1v) is 7.13. The molecule has 0 atom stereocenters. The fourth-order valence-corrected chi connectivity index (χ4v) is 2.47. The van der Waals surface area contributed by atoms with Gasteiger partial charge in [-0.3, -0.25) is 0 Å². The van der Waals surface area contributed by atoms with Crippen LogP contribution >= 0.6 is 11.6 Å². The number of hydrogen-bond acceptors (Lipinski definition) is 2. The summed E-state index contributed by atoms with van der Waals surface area (Å²) in [6.07, 6.45) is 0. The number of nitrogen functional groups attached to an aromatic ring is 1. The molecule has 0 aliphatic rings. The second kappa shape index (κ2) is 5.26. The topological polar surface area (TPSA) is 43.8 Å². The molecule has 21 heavy (non-hydrogen) atoms. The summed E-state index contributed by atoms with van der Waals surface area (Å²) in [4.78, 5) is 0. The molecule has 0 fully saturated rings. The number of aromatic nitrogens is 2. The van der Waals surface area contributed by atoms with E-state index in [1.807, 2.05) is 62.4 Å². The average molecular weight is 298 g/mol. The molecule has 106 valence electrons. The van der Waals surface area contributed by atoms with Gasteiger partial charge in [-0.25, -0.2) is 4.68 Å². The largest absolute Gasteiger partial charge is 0.383 e.